The van der Waals surface area contributed by atoms with Gasteiger partial charge in [-0.2, -0.15) is 0 Å². The summed E-state index contributed by atoms with van der Waals surface area (Å²) < 4.78 is 34.0. The maximum Gasteiger partial charge on any atom is 0.216 e. The molecule has 0 aliphatic carbocycles. The molecule has 3 heteroatoms. The molecule has 184 valence electrons. The monoisotopic (exact) mass is 497 g/mol. The van der Waals surface area contributed by atoms with Crippen LogP contribution in [0.25, 0.3) is 65.9 Å². The van der Waals surface area contributed by atoms with Crippen molar-refractivity contribution in [1.29, 1.82) is 0 Å². The summed E-state index contributed by atoms with van der Waals surface area (Å²) in [7, 11) is 2.04. The molecule has 0 spiro atoms. The second-order valence-corrected chi connectivity index (χ2v) is 10.3. The highest BCUT2D eigenvalue weighted by Crippen LogP contribution is 2.44. The topological polar surface area (TPSA) is 17.0 Å². The molecule has 0 saturated heterocycles. The van der Waals surface area contributed by atoms with Crippen LogP contribution in [0.5, 0.6) is 0 Å². The summed E-state index contributed by atoms with van der Waals surface area (Å²) in [5, 5.41) is 5.37. The first kappa shape index (κ1) is 21.6. The van der Waals surface area contributed by atoms with Gasteiger partial charge in [-0.3, -0.25) is 0 Å². The lowest BCUT2D eigenvalue weighted by molar-refractivity contribution is -0.660. The van der Waals surface area contributed by atoms with E-state index < -0.39 is 5.82 Å². The lowest BCUT2D eigenvalue weighted by Crippen LogP contribution is -2.31. The first-order chi connectivity index (χ1) is 18.8. The van der Waals surface area contributed by atoms with Crippen LogP contribution >= 0.6 is 0 Å². The minimum atomic E-state index is -0.398. The summed E-state index contributed by atoms with van der Waals surface area (Å²) in [5.74, 6) is -0.398. The Bertz CT molecular complexity index is 2140. The lowest BCUT2D eigenvalue weighted by Gasteiger charge is -2.12. The molecule has 0 aliphatic rings. The van der Waals surface area contributed by atoms with Gasteiger partial charge in [0.15, 0.2) is 6.20 Å². The van der Waals surface area contributed by atoms with Crippen molar-refractivity contribution in [3.63, 3.8) is 0 Å². The molecule has 0 radical (unpaired) electrons. The molecule has 0 fully saturated rings. The number of halogens is 1. The summed E-state index contributed by atoms with van der Waals surface area (Å²) in [4.78, 5) is 0. The second kappa shape index (κ2) is 8.26. The summed E-state index contributed by atoms with van der Waals surface area (Å²) in [6, 6.07) is 25.8. The van der Waals surface area contributed by atoms with Gasteiger partial charge in [-0.25, -0.2) is 8.96 Å². The first-order valence-electron chi connectivity index (χ1n) is 13.4. The summed E-state index contributed by atoms with van der Waals surface area (Å²) >= 11 is 0. The van der Waals surface area contributed by atoms with Crippen LogP contribution in [0.15, 0.2) is 95.5 Å². The molecular weight excluding hydrogens is 469 g/mol. The molecule has 0 aliphatic heterocycles. The average Bonchev–Trinajstić information content (AvgIpc) is 3.31. The fourth-order valence-corrected chi connectivity index (χ4v) is 5.82. The van der Waals surface area contributed by atoms with Gasteiger partial charge < -0.3 is 4.42 Å². The molecular formula is C35H27FNO+. The molecule has 2 heterocycles. The quantitative estimate of drug-likeness (QED) is 0.172. The minimum Gasteiger partial charge on any atom is -0.454 e. The number of fused-ring (bicyclic) bond motifs is 6. The van der Waals surface area contributed by atoms with Crippen molar-refractivity contribution < 1.29 is 14.7 Å². The van der Waals surface area contributed by atoms with Crippen LogP contribution in [-0.2, 0) is 7.05 Å². The Morgan fingerprint density at radius 1 is 0.684 bits per heavy atom. The molecule has 0 amide bonds. The van der Waals surface area contributed by atoms with Crippen molar-refractivity contribution in [2.24, 2.45) is 7.05 Å². The highest BCUT2D eigenvalue weighted by Gasteiger charge is 2.24. The van der Waals surface area contributed by atoms with Gasteiger partial charge in [-0.1, -0.05) is 60.7 Å². The number of rotatable bonds is 2. The third-order valence-electron chi connectivity index (χ3n) is 7.89. The summed E-state index contributed by atoms with van der Waals surface area (Å²) in [6.45, 7) is 6.30. The Morgan fingerprint density at radius 3 is 2.13 bits per heavy atom. The highest BCUT2D eigenvalue weighted by atomic mass is 19.1. The maximum absolute atomic E-state index is 16.0. The third-order valence-corrected chi connectivity index (χ3v) is 7.89. The van der Waals surface area contributed by atoms with Gasteiger partial charge in [-0.15, -0.1) is 0 Å². The zero-order valence-electron chi connectivity index (χ0n) is 22.8. The molecule has 0 saturated carbocycles. The Morgan fingerprint density at radius 2 is 1.34 bits per heavy atom. The number of hydrogen-bond acceptors (Lipinski definition) is 1. The molecule has 2 aromatic heterocycles. The van der Waals surface area contributed by atoms with Crippen LogP contribution < -0.4 is 4.57 Å². The van der Waals surface area contributed by atoms with Crippen molar-refractivity contribution >= 4 is 43.5 Å². The fourth-order valence-electron chi connectivity index (χ4n) is 5.82. The van der Waals surface area contributed by atoms with Crippen LogP contribution in [0, 0.1) is 26.6 Å². The molecule has 0 atom stereocenters. The summed E-state index contributed by atoms with van der Waals surface area (Å²) in [5.41, 5.74) is 7.62. The normalized spacial score (nSPS) is 12.2. The molecule has 38 heavy (non-hydrogen) atoms. The van der Waals surface area contributed by atoms with Crippen molar-refractivity contribution in [2.75, 3.05) is 0 Å². The van der Waals surface area contributed by atoms with Crippen LogP contribution in [0.3, 0.4) is 0 Å². The predicted octanol–water partition coefficient (Wildman–Crippen LogP) is 9.12. The Balaban J connectivity index is 1.64. The molecule has 0 N–H and O–H groups in total. The maximum atomic E-state index is 16.0. The van der Waals surface area contributed by atoms with E-state index in [2.05, 4.69) is 49.7 Å². The van der Waals surface area contributed by atoms with Crippen LogP contribution in [0.1, 0.15) is 18.1 Å². The average molecular weight is 498 g/mol. The van der Waals surface area contributed by atoms with E-state index in [-0.39, 0.29) is 0 Å². The minimum absolute atomic E-state index is 0.299. The van der Waals surface area contributed by atoms with Gasteiger partial charge in [0.1, 0.15) is 24.0 Å². The fraction of sp³-hybridized carbons (Fsp3) is 0.114. The van der Waals surface area contributed by atoms with E-state index in [0.29, 0.717) is 22.8 Å². The number of aromatic nitrogens is 1. The third kappa shape index (κ3) is 3.21. The molecule has 0 unspecified atom stereocenters. The second-order valence-electron chi connectivity index (χ2n) is 10.3. The standard InChI is InChI=1S/C35H27FNO/c1-20-13-14-27-28-15-16-30(36)33(29-18-23-9-5-6-10-24(23)25-11-7-8-12-26(25)29)35(28)38-34(27)32(20)31-17-21(2)22(3)19-37(31)4/h5-19H,1-4H3/q+1/i18D. The van der Waals surface area contributed by atoms with Crippen LogP contribution in [0.4, 0.5) is 4.39 Å². The van der Waals surface area contributed by atoms with Gasteiger partial charge in [0.25, 0.3) is 0 Å². The van der Waals surface area contributed by atoms with Gasteiger partial charge >= 0.3 is 0 Å². The van der Waals surface area contributed by atoms with Crippen LogP contribution in [-0.4, -0.2) is 0 Å². The van der Waals surface area contributed by atoms with E-state index in [1.807, 2.05) is 55.6 Å². The Hall–Kier alpha value is -4.50. The van der Waals surface area contributed by atoms with Crippen LogP contribution in [0.2, 0.25) is 0 Å². The van der Waals surface area contributed by atoms with Gasteiger partial charge in [0.2, 0.25) is 5.69 Å². The van der Waals surface area contributed by atoms with Gasteiger partial charge in [0, 0.05) is 22.4 Å². The van der Waals surface area contributed by atoms with E-state index in [1.165, 1.54) is 17.2 Å². The lowest BCUT2D eigenvalue weighted by atomic mass is 9.92. The molecule has 7 rings (SSSR count). The Kier molecular flexibility index (Phi) is 4.69. The zero-order valence-corrected chi connectivity index (χ0v) is 21.8. The number of hydrogen-bond donors (Lipinski definition) is 0. The van der Waals surface area contributed by atoms with E-state index in [4.69, 9.17) is 4.42 Å². The van der Waals surface area contributed by atoms with E-state index in [0.717, 1.165) is 54.7 Å². The number of furan rings is 1. The van der Waals surface area contributed by atoms with Crippen molar-refractivity contribution in [2.45, 2.75) is 20.8 Å². The van der Waals surface area contributed by atoms with E-state index in [1.54, 1.807) is 6.07 Å². The highest BCUT2D eigenvalue weighted by molar-refractivity contribution is 6.18. The molecule has 7 aromatic rings. The zero-order chi connectivity index (χ0) is 27.0. The number of benzene rings is 5. The van der Waals surface area contributed by atoms with Gasteiger partial charge in [0.05, 0.1) is 12.5 Å². The SMILES string of the molecule is [2H]c1c(-c2c(F)ccc3c2oc2c(-c4cc(C)c(C)c[n+]4C)c(C)ccc23)c2ccccc2c2ccccc12. The number of pyridine rings is 1. The molecule has 5 aromatic carbocycles. The number of nitrogens with zero attached hydrogens (tertiary/aromatic N) is 1. The van der Waals surface area contributed by atoms with Crippen molar-refractivity contribution in [1.82, 2.24) is 0 Å². The van der Waals surface area contributed by atoms with Gasteiger partial charge in [-0.05, 0) is 77.2 Å². The van der Waals surface area contributed by atoms with Crippen molar-refractivity contribution in [3.8, 4) is 22.4 Å². The first-order valence-corrected chi connectivity index (χ1v) is 12.9. The molecule has 0 bridgehead atoms. The smallest absolute Gasteiger partial charge is 0.216 e. The number of aryl methyl sites for hydroxylation is 4. The summed E-state index contributed by atoms with van der Waals surface area (Å²) in [6.07, 6.45) is 2.13. The molecule has 2 nitrogen and oxygen atoms in total. The Labute approximate surface area is 222 Å². The largest absolute Gasteiger partial charge is 0.454 e. The van der Waals surface area contributed by atoms with Crippen molar-refractivity contribution in [3.05, 3.63) is 114 Å². The van der Waals surface area contributed by atoms with E-state index >= 15 is 4.39 Å². The van der Waals surface area contributed by atoms with E-state index in [9.17, 15) is 1.37 Å². The predicted molar refractivity (Wildman–Crippen MR) is 155 cm³/mol.